The Labute approximate surface area is 214 Å². The van der Waals surface area contributed by atoms with Crippen LogP contribution in [0, 0.1) is 0 Å². The van der Waals surface area contributed by atoms with Gasteiger partial charge < -0.3 is 5.32 Å². The summed E-state index contributed by atoms with van der Waals surface area (Å²) in [6, 6.07) is 19.0. The van der Waals surface area contributed by atoms with E-state index in [1.165, 1.54) is 30.3 Å². The van der Waals surface area contributed by atoms with Crippen LogP contribution >= 0.6 is 0 Å². The predicted octanol–water partition coefficient (Wildman–Crippen LogP) is 4.81. The summed E-state index contributed by atoms with van der Waals surface area (Å²) in [6.07, 6.45) is -2.36. The molecular weight excluding hydrogens is 503 g/mol. The molecular formula is C27H28F3N3O3S. The van der Waals surface area contributed by atoms with Gasteiger partial charge in [0.05, 0.1) is 16.1 Å². The van der Waals surface area contributed by atoms with Crippen molar-refractivity contribution in [3.8, 4) is 0 Å². The van der Waals surface area contributed by atoms with Crippen LogP contribution in [0.1, 0.15) is 29.5 Å². The number of nitrogens with one attached hydrogen (secondary N) is 1. The fourth-order valence-electron chi connectivity index (χ4n) is 4.32. The first kappa shape index (κ1) is 26.7. The van der Waals surface area contributed by atoms with Gasteiger partial charge in [0.1, 0.15) is 6.54 Å². The molecule has 1 amide bonds. The highest BCUT2D eigenvalue weighted by molar-refractivity contribution is 7.92. The number of nitrogens with zero attached hydrogens (tertiary/aromatic N) is 2. The Morgan fingerprint density at radius 2 is 1.54 bits per heavy atom. The Morgan fingerprint density at radius 1 is 0.892 bits per heavy atom. The first-order chi connectivity index (χ1) is 17.6. The second-order valence-electron chi connectivity index (χ2n) is 8.90. The molecule has 0 spiro atoms. The summed E-state index contributed by atoms with van der Waals surface area (Å²) in [5.41, 5.74) is 0.716. The maximum Gasteiger partial charge on any atom is 0.416 e. The number of likely N-dealkylation sites (tertiary alicyclic amines) is 1. The van der Waals surface area contributed by atoms with Crippen molar-refractivity contribution in [3.05, 3.63) is 95.6 Å². The highest BCUT2D eigenvalue weighted by atomic mass is 32.2. The predicted molar refractivity (Wildman–Crippen MR) is 135 cm³/mol. The number of benzene rings is 3. The Bertz CT molecular complexity index is 1330. The van der Waals surface area contributed by atoms with E-state index in [1.807, 2.05) is 24.3 Å². The monoisotopic (exact) mass is 531 g/mol. The van der Waals surface area contributed by atoms with Gasteiger partial charge in [0.15, 0.2) is 0 Å². The zero-order chi connectivity index (χ0) is 26.5. The molecule has 0 radical (unpaired) electrons. The van der Waals surface area contributed by atoms with Crippen molar-refractivity contribution in [2.24, 2.45) is 0 Å². The van der Waals surface area contributed by atoms with E-state index in [0.717, 1.165) is 61.8 Å². The summed E-state index contributed by atoms with van der Waals surface area (Å²) in [4.78, 5) is 15.2. The van der Waals surface area contributed by atoms with Crippen molar-refractivity contribution in [3.63, 3.8) is 0 Å². The highest BCUT2D eigenvalue weighted by Crippen LogP contribution is 2.33. The summed E-state index contributed by atoms with van der Waals surface area (Å²) < 4.78 is 67.6. The number of hydrogen-bond acceptors (Lipinski definition) is 4. The Morgan fingerprint density at radius 3 is 2.22 bits per heavy atom. The number of hydrogen-bond donors (Lipinski definition) is 1. The standard InChI is InChI=1S/C27H28F3N3O3S/c28-27(29,30)23-11-8-12-24(17-23)33(37(35,36)25-13-2-1-3-14-25)20-26(34)31-18-21-9-4-5-10-22(21)19-32-15-6-7-16-32/h1-5,8-14,17H,6-7,15-16,18-20H2,(H,31,34). The van der Waals surface area contributed by atoms with Gasteiger partial charge in [-0.25, -0.2) is 8.42 Å². The molecule has 0 bridgehead atoms. The third-order valence-corrected chi connectivity index (χ3v) is 8.05. The SMILES string of the molecule is O=C(CN(c1cccc(C(F)(F)F)c1)S(=O)(=O)c1ccccc1)NCc1ccccc1CN1CCCC1. The summed E-state index contributed by atoms with van der Waals surface area (Å²) in [5.74, 6) is -0.632. The zero-order valence-electron chi connectivity index (χ0n) is 20.1. The van der Waals surface area contributed by atoms with Crippen molar-refractivity contribution >= 4 is 21.6 Å². The van der Waals surface area contributed by atoms with E-state index < -0.39 is 34.2 Å². The minimum Gasteiger partial charge on any atom is -0.350 e. The van der Waals surface area contributed by atoms with Gasteiger partial charge in [-0.3, -0.25) is 14.0 Å². The third kappa shape index (κ3) is 6.69. The molecule has 37 heavy (non-hydrogen) atoms. The molecule has 6 nitrogen and oxygen atoms in total. The van der Waals surface area contributed by atoms with E-state index in [9.17, 15) is 26.4 Å². The van der Waals surface area contributed by atoms with Crippen molar-refractivity contribution < 1.29 is 26.4 Å². The lowest BCUT2D eigenvalue weighted by atomic mass is 10.1. The number of carbonyl (C=O) groups is 1. The van der Waals surface area contributed by atoms with Gasteiger partial charge in [0, 0.05) is 13.1 Å². The number of alkyl halides is 3. The maximum atomic E-state index is 13.4. The van der Waals surface area contributed by atoms with Gasteiger partial charge in [-0.2, -0.15) is 13.2 Å². The average molecular weight is 532 g/mol. The molecule has 0 saturated carbocycles. The van der Waals surface area contributed by atoms with Crippen molar-refractivity contribution in [2.75, 3.05) is 23.9 Å². The van der Waals surface area contributed by atoms with Crippen molar-refractivity contribution in [2.45, 2.75) is 37.0 Å². The molecule has 1 N–H and O–H groups in total. The molecule has 10 heteroatoms. The van der Waals surface area contributed by atoms with Gasteiger partial charge in [-0.1, -0.05) is 48.5 Å². The molecule has 1 fully saturated rings. The minimum atomic E-state index is -4.67. The third-order valence-electron chi connectivity index (χ3n) is 6.27. The van der Waals surface area contributed by atoms with E-state index in [1.54, 1.807) is 6.07 Å². The summed E-state index contributed by atoms with van der Waals surface area (Å²) in [5, 5.41) is 2.75. The quantitative estimate of drug-likeness (QED) is 0.430. The van der Waals surface area contributed by atoms with Crippen LogP contribution in [0.5, 0.6) is 0 Å². The molecule has 4 rings (SSSR count). The van der Waals surface area contributed by atoms with Crippen LogP contribution in [0.15, 0.2) is 83.8 Å². The molecule has 1 aliphatic heterocycles. The lowest BCUT2D eigenvalue weighted by Gasteiger charge is -2.25. The molecule has 3 aromatic rings. The molecule has 0 atom stereocenters. The lowest BCUT2D eigenvalue weighted by Crippen LogP contribution is -2.41. The molecule has 196 valence electrons. The lowest BCUT2D eigenvalue weighted by molar-refractivity contribution is -0.137. The van der Waals surface area contributed by atoms with Gasteiger partial charge in [0.25, 0.3) is 10.0 Å². The van der Waals surface area contributed by atoms with E-state index in [2.05, 4.69) is 10.2 Å². The average Bonchev–Trinajstić information content (AvgIpc) is 3.40. The highest BCUT2D eigenvalue weighted by Gasteiger charge is 2.33. The smallest absolute Gasteiger partial charge is 0.350 e. The number of halogens is 3. The van der Waals surface area contributed by atoms with Crippen molar-refractivity contribution in [1.29, 1.82) is 0 Å². The fourth-order valence-corrected chi connectivity index (χ4v) is 5.75. The topological polar surface area (TPSA) is 69.7 Å². The molecule has 0 aliphatic carbocycles. The number of carbonyl (C=O) groups excluding carboxylic acids is 1. The van der Waals surface area contributed by atoms with E-state index in [0.29, 0.717) is 4.31 Å². The number of rotatable bonds is 9. The molecule has 1 saturated heterocycles. The van der Waals surface area contributed by atoms with E-state index >= 15 is 0 Å². The van der Waals surface area contributed by atoms with Crippen LogP contribution in [-0.4, -0.2) is 38.9 Å². The second kappa shape index (κ2) is 11.4. The van der Waals surface area contributed by atoms with Crippen LogP contribution in [0.3, 0.4) is 0 Å². The molecule has 0 aromatic heterocycles. The van der Waals surface area contributed by atoms with E-state index in [-0.39, 0.29) is 17.1 Å². The molecule has 1 heterocycles. The molecule has 1 aliphatic rings. The van der Waals surface area contributed by atoms with Crippen LogP contribution in [0.2, 0.25) is 0 Å². The Kier molecular flexibility index (Phi) is 8.19. The first-order valence-corrected chi connectivity index (χ1v) is 13.4. The fraction of sp³-hybridized carbons (Fsp3) is 0.296. The molecule has 0 unspecified atom stereocenters. The largest absolute Gasteiger partial charge is 0.416 e. The van der Waals surface area contributed by atoms with Crippen LogP contribution < -0.4 is 9.62 Å². The molecule has 3 aromatic carbocycles. The van der Waals surface area contributed by atoms with Crippen molar-refractivity contribution in [1.82, 2.24) is 10.2 Å². The van der Waals surface area contributed by atoms with E-state index in [4.69, 9.17) is 0 Å². The van der Waals surface area contributed by atoms with Crippen LogP contribution in [0.25, 0.3) is 0 Å². The van der Waals surface area contributed by atoms with Gasteiger partial charge in [-0.15, -0.1) is 0 Å². The second-order valence-corrected chi connectivity index (χ2v) is 10.8. The number of anilines is 1. The Balaban J connectivity index is 1.56. The first-order valence-electron chi connectivity index (χ1n) is 12.0. The normalized spacial score (nSPS) is 14.5. The van der Waals surface area contributed by atoms with Crippen LogP contribution in [-0.2, 0) is 34.1 Å². The van der Waals surface area contributed by atoms with Crippen LogP contribution in [0.4, 0.5) is 18.9 Å². The summed E-state index contributed by atoms with van der Waals surface area (Å²) in [6.45, 7) is 2.29. The summed E-state index contributed by atoms with van der Waals surface area (Å²) in [7, 11) is -4.32. The van der Waals surface area contributed by atoms with Gasteiger partial charge in [-0.05, 0) is 67.4 Å². The maximum absolute atomic E-state index is 13.4. The minimum absolute atomic E-state index is 0.129. The number of amides is 1. The van der Waals surface area contributed by atoms with Gasteiger partial charge >= 0.3 is 6.18 Å². The summed E-state index contributed by atoms with van der Waals surface area (Å²) >= 11 is 0. The Hall–Kier alpha value is -3.37. The number of sulfonamides is 1. The zero-order valence-corrected chi connectivity index (χ0v) is 20.9. The van der Waals surface area contributed by atoms with Gasteiger partial charge in [0.2, 0.25) is 5.91 Å².